The van der Waals surface area contributed by atoms with E-state index in [1.165, 1.54) is 0 Å². The summed E-state index contributed by atoms with van der Waals surface area (Å²) in [5.74, 6) is -0.627. The number of quaternary nitrogens is 1. The number of likely N-dealkylation sites (N-methyl/N-ethyl adjacent to an activating group) is 1. The number of nitrogens with zero attached hydrogens (tertiary/aromatic N) is 2. The Balaban J connectivity index is 1.48. The number of aromatic nitrogens is 1. The zero-order valence-corrected chi connectivity index (χ0v) is 18.6. The van der Waals surface area contributed by atoms with E-state index in [2.05, 4.69) is 18.1 Å². The zero-order chi connectivity index (χ0) is 22.4. The van der Waals surface area contributed by atoms with Crippen LogP contribution in [0.5, 0.6) is 0 Å². The third kappa shape index (κ3) is 4.59. The van der Waals surface area contributed by atoms with E-state index in [0.717, 1.165) is 42.5 Å². The molecule has 0 spiro atoms. The second-order valence-electron chi connectivity index (χ2n) is 8.83. The highest BCUT2D eigenvalue weighted by Crippen LogP contribution is 2.32. The average Bonchev–Trinajstić information content (AvgIpc) is 3.23. The molecule has 32 heavy (non-hydrogen) atoms. The van der Waals surface area contributed by atoms with Gasteiger partial charge in [-0.3, -0.25) is 4.98 Å². The number of carbonyl (C=O) groups excluding carboxylic acids is 1. The molecule has 2 heterocycles. The summed E-state index contributed by atoms with van der Waals surface area (Å²) in [4.78, 5) is 17.8. The number of esters is 1. The maximum Gasteiger partial charge on any atom is 0.347 e. The molecule has 1 aromatic heterocycles. The van der Waals surface area contributed by atoms with Crippen LogP contribution < -0.4 is 0 Å². The van der Waals surface area contributed by atoms with Crippen LogP contribution in [0, 0.1) is 0 Å². The smallest absolute Gasteiger partial charge is 0.347 e. The Bertz CT molecular complexity index is 971. The Hall–Kier alpha value is -3.02. The van der Waals surface area contributed by atoms with Crippen LogP contribution in [-0.4, -0.2) is 53.3 Å². The number of hydrogen-bond donors (Lipinski definition) is 1. The predicted octanol–water partition coefficient (Wildman–Crippen LogP) is 3.71. The molecular formula is C27H31N2O3+. The molecule has 1 saturated heterocycles. The normalized spacial score (nSPS) is 20.8. The number of hydrogen-bond acceptors (Lipinski definition) is 4. The van der Waals surface area contributed by atoms with Crippen molar-refractivity contribution in [1.29, 1.82) is 0 Å². The second-order valence-corrected chi connectivity index (χ2v) is 8.83. The molecule has 5 heteroatoms. The largest absolute Gasteiger partial charge is 0.457 e. The molecule has 1 aliphatic heterocycles. The van der Waals surface area contributed by atoms with Gasteiger partial charge in [0.05, 0.1) is 20.1 Å². The summed E-state index contributed by atoms with van der Waals surface area (Å²) in [6.07, 6.45) is 4.82. The number of ether oxygens (including phenoxy) is 1. The van der Waals surface area contributed by atoms with Crippen molar-refractivity contribution in [3.63, 3.8) is 0 Å². The van der Waals surface area contributed by atoms with E-state index in [1.807, 2.05) is 54.7 Å². The number of carbonyl (C=O) groups is 1. The minimum Gasteiger partial charge on any atom is -0.457 e. The van der Waals surface area contributed by atoms with E-state index in [0.29, 0.717) is 17.7 Å². The molecule has 3 aromatic rings. The molecule has 166 valence electrons. The molecule has 0 bridgehead atoms. The van der Waals surface area contributed by atoms with Crippen molar-refractivity contribution in [1.82, 2.24) is 4.98 Å². The maximum absolute atomic E-state index is 13.3. The van der Waals surface area contributed by atoms with E-state index in [-0.39, 0.29) is 6.04 Å². The van der Waals surface area contributed by atoms with E-state index in [9.17, 15) is 9.90 Å². The first kappa shape index (κ1) is 22.2. The molecule has 0 saturated carbocycles. The molecule has 1 fully saturated rings. The minimum absolute atomic E-state index is 0.207. The number of rotatable bonds is 8. The third-order valence-electron chi connectivity index (χ3n) is 6.78. The fourth-order valence-electron chi connectivity index (χ4n) is 4.69. The number of pyridine rings is 1. The lowest BCUT2D eigenvalue weighted by Gasteiger charge is -2.36. The Morgan fingerprint density at radius 2 is 1.66 bits per heavy atom. The number of aliphatic hydroxyl groups is 1. The highest BCUT2D eigenvalue weighted by Gasteiger charge is 2.44. The summed E-state index contributed by atoms with van der Waals surface area (Å²) in [5.41, 5.74) is 0.264. The molecule has 1 aliphatic rings. The van der Waals surface area contributed by atoms with Crippen LogP contribution in [0.2, 0.25) is 0 Å². The van der Waals surface area contributed by atoms with Gasteiger partial charge in [0.15, 0.2) is 0 Å². The summed E-state index contributed by atoms with van der Waals surface area (Å²) < 4.78 is 6.67. The molecule has 0 amide bonds. The highest BCUT2D eigenvalue weighted by molar-refractivity contribution is 5.85. The van der Waals surface area contributed by atoms with Crippen molar-refractivity contribution >= 4 is 5.97 Å². The van der Waals surface area contributed by atoms with Crippen LogP contribution in [0.25, 0.3) is 0 Å². The lowest BCUT2D eigenvalue weighted by Crippen LogP contribution is -2.52. The maximum atomic E-state index is 13.3. The van der Waals surface area contributed by atoms with Crippen molar-refractivity contribution < 1.29 is 19.1 Å². The lowest BCUT2D eigenvalue weighted by molar-refractivity contribution is -0.921. The highest BCUT2D eigenvalue weighted by atomic mass is 16.6. The predicted molar refractivity (Wildman–Crippen MR) is 124 cm³/mol. The molecule has 2 atom stereocenters. The van der Waals surface area contributed by atoms with Crippen molar-refractivity contribution in [2.24, 2.45) is 0 Å². The minimum atomic E-state index is -1.83. The Kier molecular flexibility index (Phi) is 6.68. The zero-order valence-electron chi connectivity index (χ0n) is 18.6. The first-order valence-corrected chi connectivity index (χ1v) is 11.3. The van der Waals surface area contributed by atoms with Gasteiger partial charge in [0.25, 0.3) is 0 Å². The Morgan fingerprint density at radius 1 is 1.03 bits per heavy atom. The molecule has 2 aromatic carbocycles. The fourth-order valence-corrected chi connectivity index (χ4v) is 4.69. The van der Waals surface area contributed by atoms with Crippen LogP contribution in [0.1, 0.15) is 29.7 Å². The van der Waals surface area contributed by atoms with Gasteiger partial charge in [-0.15, -0.1) is 0 Å². The molecule has 0 aliphatic carbocycles. The quantitative estimate of drug-likeness (QED) is 0.436. The second kappa shape index (κ2) is 9.63. The number of likely N-dealkylation sites (tertiary alicyclic amines) is 1. The van der Waals surface area contributed by atoms with Crippen LogP contribution >= 0.6 is 0 Å². The topological polar surface area (TPSA) is 59.4 Å². The van der Waals surface area contributed by atoms with Gasteiger partial charge < -0.3 is 14.3 Å². The Labute approximate surface area is 189 Å². The van der Waals surface area contributed by atoms with Gasteiger partial charge >= 0.3 is 5.97 Å². The van der Waals surface area contributed by atoms with Crippen LogP contribution in [0.4, 0.5) is 0 Å². The van der Waals surface area contributed by atoms with E-state index >= 15 is 0 Å². The van der Waals surface area contributed by atoms with E-state index < -0.39 is 11.6 Å². The van der Waals surface area contributed by atoms with E-state index in [1.54, 1.807) is 24.3 Å². The van der Waals surface area contributed by atoms with Crippen LogP contribution in [0.15, 0.2) is 85.1 Å². The Morgan fingerprint density at radius 3 is 2.25 bits per heavy atom. The molecule has 4 rings (SSSR count). The molecule has 1 unspecified atom stereocenters. The first-order valence-electron chi connectivity index (χ1n) is 11.3. The van der Waals surface area contributed by atoms with Gasteiger partial charge in [-0.1, -0.05) is 66.7 Å². The fraction of sp³-hybridized carbons (Fsp3) is 0.333. The van der Waals surface area contributed by atoms with Crippen molar-refractivity contribution in [2.75, 3.05) is 26.7 Å². The molecule has 1 N–H and O–H groups in total. The van der Waals surface area contributed by atoms with Crippen LogP contribution in [-0.2, 0) is 21.6 Å². The van der Waals surface area contributed by atoms with Crippen molar-refractivity contribution in [3.05, 3.63) is 102 Å². The molecule has 5 nitrogen and oxygen atoms in total. The average molecular weight is 432 g/mol. The number of benzene rings is 2. The van der Waals surface area contributed by atoms with Crippen molar-refractivity contribution in [3.8, 4) is 0 Å². The molecular weight excluding hydrogens is 400 g/mol. The SMILES string of the molecule is C[N@+]1(CCc2ccccn2)CCCC1COC(=O)C(O)(c1ccccc1)c1ccccc1. The summed E-state index contributed by atoms with van der Waals surface area (Å²) in [6, 6.07) is 24.2. The van der Waals surface area contributed by atoms with Gasteiger partial charge in [-0.05, 0) is 23.3 Å². The lowest BCUT2D eigenvalue weighted by atomic mass is 9.86. The summed E-state index contributed by atoms with van der Waals surface area (Å²) in [5, 5.41) is 11.6. The first-order chi connectivity index (χ1) is 15.5. The van der Waals surface area contributed by atoms with Gasteiger partial charge in [-0.25, -0.2) is 4.79 Å². The van der Waals surface area contributed by atoms with Gasteiger partial charge in [0.1, 0.15) is 12.6 Å². The van der Waals surface area contributed by atoms with Gasteiger partial charge in [-0.2, -0.15) is 0 Å². The summed E-state index contributed by atoms with van der Waals surface area (Å²) in [6.45, 7) is 2.29. The van der Waals surface area contributed by atoms with Gasteiger partial charge in [0.2, 0.25) is 5.60 Å². The summed E-state index contributed by atoms with van der Waals surface area (Å²) >= 11 is 0. The molecule has 0 radical (unpaired) electrons. The van der Waals surface area contributed by atoms with E-state index in [4.69, 9.17) is 4.74 Å². The van der Waals surface area contributed by atoms with Crippen molar-refractivity contribution in [2.45, 2.75) is 30.9 Å². The third-order valence-corrected chi connectivity index (χ3v) is 6.78. The summed E-state index contributed by atoms with van der Waals surface area (Å²) in [7, 11) is 2.23. The standard InChI is InChI=1S/C27H31N2O3/c1-29(20-17-24-15-8-9-18-28-24)19-10-16-25(29)21-32-26(30)27(31,22-11-4-2-5-12-22)23-13-6-3-7-14-23/h2-9,11-15,18,25,31H,10,16-17,19-21H2,1H3/q+1/t25?,29-/m1/s1. The van der Waals surface area contributed by atoms with Crippen LogP contribution in [0.3, 0.4) is 0 Å². The van der Waals surface area contributed by atoms with Gasteiger partial charge in [0, 0.05) is 31.2 Å². The monoisotopic (exact) mass is 431 g/mol.